The predicted molar refractivity (Wildman–Crippen MR) is 78.0 cm³/mol. The van der Waals surface area contributed by atoms with E-state index < -0.39 is 0 Å². The van der Waals surface area contributed by atoms with E-state index in [1.54, 1.807) is 0 Å². The highest BCUT2D eigenvalue weighted by Gasteiger charge is 2.23. The van der Waals surface area contributed by atoms with E-state index in [9.17, 15) is 4.79 Å². The molecule has 0 aliphatic heterocycles. The predicted octanol–water partition coefficient (Wildman–Crippen LogP) is 2.29. The maximum absolute atomic E-state index is 12.0. The minimum Gasteiger partial charge on any atom is -0.353 e. The quantitative estimate of drug-likeness (QED) is 0.831. The van der Waals surface area contributed by atoms with E-state index in [4.69, 9.17) is 17.3 Å². The summed E-state index contributed by atoms with van der Waals surface area (Å²) in [4.78, 5) is 12.0. The van der Waals surface area contributed by atoms with Crippen LogP contribution in [0, 0.1) is 5.92 Å². The SMILES string of the molecule is CC(Cc1ccccc1Cl)NC(=O)C1C=CC(N)C1. The van der Waals surface area contributed by atoms with Crippen LogP contribution in [-0.2, 0) is 11.2 Å². The highest BCUT2D eigenvalue weighted by molar-refractivity contribution is 6.31. The Morgan fingerprint density at radius 3 is 2.84 bits per heavy atom. The van der Waals surface area contributed by atoms with Crippen molar-refractivity contribution >= 4 is 17.5 Å². The number of halogens is 1. The molecule has 3 nitrogen and oxygen atoms in total. The van der Waals surface area contributed by atoms with Gasteiger partial charge in [-0.3, -0.25) is 4.79 Å². The first-order valence-electron chi connectivity index (χ1n) is 6.54. The third-order valence-electron chi connectivity index (χ3n) is 3.33. The third kappa shape index (κ3) is 3.82. The summed E-state index contributed by atoms with van der Waals surface area (Å²) >= 11 is 6.11. The normalized spacial score (nSPS) is 23.3. The standard InChI is InChI=1S/C15H19ClN2O/c1-10(8-11-4-2-3-5-14(11)16)18-15(19)12-6-7-13(17)9-12/h2-7,10,12-13H,8-9,17H2,1H3,(H,18,19). The maximum atomic E-state index is 12.0. The Bertz CT molecular complexity index is 487. The number of benzene rings is 1. The minimum absolute atomic E-state index is 0.00891. The molecule has 19 heavy (non-hydrogen) atoms. The summed E-state index contributed by atoms with van der Waals surface area (Å²) in [5, 5.41) is 3.76. The fourth-order valence-electron chi connectivity index (χ4n) is 2.32. The molecule has 1 aromatic carbocycles. The molecule has 1 amide bonds. The molecule has 3 atom stereocenters. The van der Waals surface area contributed by atoms with Crippen LogP contribution in [-0.4, -0.2) is 18.0 Å². The summed E-state index contributed by atoms with van der Waals surface area (Å²) in [6, 6.07) is 7.77. The lowest BCUT2D eigenvalue weighted by Crippen LogP contribution is -2.38. The molecule has 0 saturated heterocycles. The van der Waals surface area contributed by atoms with Crippen molar-refractivity contribution in [1.82, 2.24) is 5.32 Å². The van der Waals surface area contributed by atoms with Gasteiger partial charge in [0.2, 0.25) is 5.91 Å². The molecule has 3 unspecified atom stereocenters. The van der Waals surface area contributed by atoms with Gasteiger partial charge < -0.3 is 11.1 Å². The van der Waals surface area contributed by atoms with Crippen molar-refractivity contribution in [2.45, 2.75) is 31.8 Å². The van der Waals surface area contributed by atoms with Crippen LogP contribution in [0.25, 0.3) is 0 Å². The first-order valence-corrected chi connectivity index (χ1v) is 6.91. The van der Waals surface area contributed by atoms with E-state index >= 15 is 0 Å². The van der Waals surface area contributed by atoms with E-state index in [-0.39, 0.29) is 23.9 Å². The van der Waals surface area contributed by atoms with Crippen molar-refractivity contribution in [2.75, 3.05) is 0 Å². The van der Waals surface area contributed by atoms with E-state index in [2.05, 4.69) is 5.32 Å². The van der Waals surface area contributed by atoms with Gasteiger partial charge in [0.1, 0.15) is 0 Å². The van der Waals surface area contributed by atoms with Gasteiger partial charge in [-0.05, 0) is 31.4 Å². The molecule has 3 N–H and O–H groups in total. The van der Waals surface area contributed by atoms with Gasteiger partial charge in [-0.15, -0.1) is 0 Å². The second-order valence-corrected chi connectivity index (χ2v) is 5.50. The fourth-order valence-corrected chi connectivity index (χ4v) is 2.53. The minimum atomic E-state index is -0.0938. The molecular weight excluding hydrogens is 260 g/mol. The van der Waals surface area contributed by atoms with Gasteiger partial charge in [-0.2, -0.15) is 0 Å². The summed E-state index contributed by atoms with van der Waals surface area (Å²) < 4.78 is 0. The van der Waals surface area contributed by atoms with Crippen molar-refractivity contribution in [2.24, 2.45) is 11.7 Å². The summed E-state index contributed by atoms with van der Waals surface area (Å²) in [6.45, 7) is 1.99. The Kier molecular flexibility index (Phi) is 4.61. The lowest BCUT2D eigenvalue weighted by molar-refractivity contribution is -0.124. The van der Waals surface area contributed by atoms with Crippen molar-refractivity contribution in [1.29, 1.82) is 0 Å². The molecule has 4 heteroatoms. The number of hydrogen-bond acceptors (Lipinski definition) is 2. The number of nitrogens with one attached hydrogen (secondary N) is 1. The van der Waals surface area contributed by atoms with Crippen LogP contribution in [0.5, 0.6) is 0 Å². The van der Waals surface area contributed by atoms with E-state index in [1.807, 2.05) is 43.3 Å². The van der Waals surface area contributed by atoms with Crippen LogP contribution in [0.3, 0.4) is 0 Å². The van der Waals surface area contributed by atoms with Crippen LogP contribution in [0.4, 0.5) is 0 Å². The molecule has 0 bridgehead atoms. The summed E-state index contributed by atoms with van der Waals surface area (Å²) in [6.07, 6.45) is 5.21. The Balaban J connectivity index is 1.88. The Labute approximate surface area is 118 Å². The molecule has 1 aromatic rings. The number of rotatable bonds is 4. The number of carbonyl (C=O) groups excluding carboxylic acids is 1. The zero-order chi connectivity index (χ0) is 13.8. The van der Waals surface area contributed by atoms with Crippen LogP contribution in [0.2, 0.25) is 5.02 Å². The Hall–Kier alpha value is -1.32. The molecule has 1 aliphatic carbocycles. The van der Waals surface area contributed by atoms with Crippen LogP contribution < -0.4 is 11.1 Å². The van der Waals surface area contributed by atoms with Crippen molar-refractivity contribution in [3.63, 3.8) is 0 Å². The van der Waals surface area contributed by atoms with Crippen molar-refractivity contribution in [3.05, 3.63) is 47.0 Å². The molecule has 0 aromatic heterocycles. The monoisotopic (exact) mass is 278 g/mol. The summed E-state index contributed by atoms with van der Waals surface area (Å²) in [5.41, 5.74) is 6.80. The number of carbonyl (C=O) groups is 1. The highest BCUT2D eigenvalue weighted by atomic mass is 35.5. The smallest absolute Gasteiger partial charge is 0.227 e. The molecule has 102 valence electrons. The van der Waals surface area contributed by atoms with Crippen molar-refractivity contribution in [3.8, 4) is 0 Å². The van der Waals surface area contributed by atoms with Crippen LogP contribution >= 0.6 is 11.6 Å². The van der Waals surface area contributed by atoms with Gasteiger partial charge in [0, 0.05) is 17.1 Å². The number of hydrogen-bond donors (Lipinski definition) is 2. The Morgan fingerprint density at radius 2 is 2.21 bits per heavy atom. The van der Waals surface area contributed by atoms with Gasteiger partial charge in [-0.1, -0.05) is 42.0 Å². The van der Waals surface area contributed by atoms with E-state index in [0.717, 1.165) is 17.0 Å². The number of nitrogens with two attached hydrogens (primary N) is 1. The maximum Gasteiger partial charge on any atom is 0.227 e. The second-order valence-electron chi connectivity index (χ2n) is 5.10. The van der Waals surface area contributed by atoms with E-state index in [0.29, 0.717) is 6.42 Å². The molecule has 0 radical (unpaired) electrons. The summed E-state index contributed by atoms with van der Waals surface area (Å²) in [7, 11) is 0. The highest BCUT2D eigenvalue weighted by Crippen LogP contribution is 2.18. The molecule has 2 rings (SSSR count). The van der Waals surface area contributed by atoms with Crippen molar-refractivity contribution < 1.29 is 4.79 Å². The average molecular weight is 279 g/mol. The fraction of sp³-hybridized carbons (Fsp3) is 0.400. The van der Waals surface area contributed by atoms with Gasteiger partial charge in [0.05, 0.1) is 5.92 Å². The number of amides is 1. The first-order chi connectivity index (χ1) is 9.06. The van der Waals surface area contributed by atoms with Gasteiger partial charge in [0.15, 0.2) is 0 Å². The van der Waals surface area contributed by atoms with Crippen LogP contribution in [0.1, 0.15) is 18.9 Å². The lowest BCUT2D eigenvalue weighted by Gasteiger charge is -2.17. The molecule has 0 heterocycles. The first kappa shape index (κ1) is 14.1. The van der Waals surface area contributed by atoms with Crippen LogP contribution in [0.15, 0.2) is 36.4 Å². The van der Waals surface area contributed by atoms with Gasteiger partial charge in [-0.25, -0.2) is 0 Å². The van der Waals surface area contributed by atoms with E-state index in [1.165, 1.54) is 0 Å². The molecule has 0 saturated carbocycles. The van der Waals surface area contributed by atoms with Gasteiger partial charge in [0.25, 0.3) is 0 Å². The molecular formula is C15H19ClN2O. The molecule has 0 spiro atoms. The Morgan fingerprint density at radius 1 is 1.47 bits per heavy atom. The largest absolute Gasteiger partial charge is 0.353 e. The summed E-state index contributed by atoms with van der Waals surface area (Å²) in [5.74, 6) is -0.0487. The topological polar surface area (TPSA) is 55.1 Å². The lowest BCUT2D eigenvalue weighted by atomic mass is 10.0. The second kappa shape index (κ2) is 6.22. The zero-order valence-electron chi connectivity index (χ0n) is 11.0. The average Bonchev–Trinajstić information content (AvgIpc) is 2.79. The third-order valence-corrected chi connectivity index (χ3v) is 3.69. The zero-order valence-corrected chi connectivity index (χ0v) is 11.7. The van der Waals surface area contributed by atoms with Gasteiger partial charge >= 0.3 is 0 Å². The molecule has 1 aliphatic rings. The molecule has 0 fully saturated rings.